The first-order valence-corrected chi connectivity index (χ1v) is 7.17. The maximum absolute atomic E-state index is 12.4. The van der Waals surface area contributed by atoms with Gasteiger partial charge in [0, 0.05) is 19.8 Å². The molecule has 2 amide bonds. The summed E-state index contributed by atoms with van der Waals surface area (Å²) < 4.78 is 5.41. The summed E-state index contributed by atoms with van der Waals surface area (Å²) in [4.78, 5) is 26.0. The Morgan fingerprint density at radius 3 is 2.58 bits per heavy atom. The maximum atomic E-state index is 12.4. The number of nitrogens with zero attached hydrogens (tertiary/aromatic N) is 1. The predicted molar refractivity (Wildman–Crippen MR) is 73.7 cm³/mol. The molecule has 1 aliphatic heterocycles. The van der Waals surface area contributed by atoms with E-state index in [-0.39, 0.29) is 11.8 Å². The van der Waals surface area contributed by atoms with E-state index in [1.807, 2.05) is 6.92 Å². The van der Waals surface area contributed by atoms with Crippen LogP contribution in [-0.4, -0.2) is 48.1 Å². The Morgan fingerprint density at radius 2 is 2.00 bits per heavy atom. The molecule has 5 heteroatoms. The first kappa shape index (κ1) is 16.0. The first-order valence-electron chi connectivity index (χ1n) is 7.17. The third-order valence-corrected chi connectivity index (χ3v) is 3.72. The van der Waals surface area contributed by atoms with Gasteiger partial charge in [-0.15, -0.1) is 0 Å². The van der Waals surface area contributed by atoms with Gasteiger partial charge in [-0.3, -0.25) is 9.59 Å². The Hall–Kier alpha value is -1.10. The Bertz CT molecular complexity index is 333. The van der Waals surface area contributed by atoms with Gasteiger partial charge in [0.05, 0.1) is 0 Å². The summed E-state index contributed by atoms with van der Waals surface area (Å²) in [6.45, 7) is 9.50. The lowest BCUT2D eigenvalue weighted by Gasteiger charge is -2.43. The van der Waals surface area contributed by atoms with E-state index < -0.39 is 11.6 Å². The highest BCUT2D eigenvalue weighted by molar-refractivity contribution is 5.99. The van der Waals surface area contributed by atoms with Crippen molar-refractivity contribution < 1.29 is 14.3 Å². The fraction of sp³-hybridized carbons (Fsp3) is 0.857. The van der Waals surface area contributed by atoms with Crippen LogP contribution in [0.4, 0.5) is 0 Å². The van der Waals surface area contributed by atoms with Crippen molar-refractivity contribution in [1.29, 1.82) is 0 Å². The van der Waals surface area contributed by atoms with Gasteiger partial charge in [-0.05, 0) is 33.1 Å². The molecule has 19 heavy (non-hydrogen) atoms. The summed E-state index contributed by atoms with van der Waals surface area (Å²) in [5.74, 6) is -0.0592. The first-order chi connectivity index (χ1) is 8.96. The average Bonchev–Trinajstić information content (AvgIpc) is 2.40. The molecule has 2 unspecified atom stereocenters. The zero-order valence-electron chi connectivity index (χ0n) is 12.5. The molecule has 110 valence electrons. The summed E-state index contributed by atoms with van der Waals surface area (Å²) >= 11 is 0. The summed E-state index contributed by atoms with van der Waals surface area (Å²) in [6, 6.07) is -0.390. The molecule has 0 aliphatic carbocycles. The van der Waals surface area contributed by atoms with Crippen molar-refractivity contribution >= 4 is 11.8 Å². The van der Waals surface area contributed by atoms with Gasteiger partial charge >= 0.3 is 0 Å². The molecule has 0 spiro atoms. The Kier molecular flexibility index (Phi) is 5.79. The number of hydrogen-bond acceptors (Lipinski definition) is 3. The molecule has 0 aromatic carbocycles. The molecule has 0 aromatic heterocycles. The Morgan fingerprint density at radius 1 is 1.32 bits per heavy atom. The summed E-state index contributed by atoms with van der Waals surface area (Å²) in [7, 11) is 0. The molecule has 1 saturated heterocycles. The average molecular weight is 270 g/mol. The van der Waals surface area contributed by atoms with Crippen LogP contribution < -0.4 is 5.32 Å². The number of piperazine rings is 1. The Labute approximate surface area is 115 Å². The molecule has 0 aromatic rings. The molecule has 0 saturated carbocycles. The lowest BCUT2D eigenvalue weighted by atomic mass is 9.92. The highest BCUT2D eigenvalue weighted by Crippen LogP contribution is 2.21. The number of carbonyl (C=O) groups excluding carboxylic acids is 2. The molecular formula is C14H26N2O3. The van der Waals surface area contributed by atoms with E-state index >= 15 is 0 Å². The maximum Gasteiger partial charge on any atom is 0.248 e. The minimum Gasteiger partial charge on any atom is -0.381 e. The minimum absolute atomic E-state index is 0.0117. The van der Waals surface area contributed by atoms with E-state index in [0.29, 0.717) is 19.6 Å². The van der Waals surface area contributed by atoms with Crippen LogP contribution in [0.15, 0.2) is 0 Å². The van der Waals surface area contributed by atoms with Gasteiger partial charge in [0.2, 0.25) is 11.8 Å². The molecule has 0 radical (unpaired) electrons. The van der Waals surface area contributed by atoms with Crippen LogP contribution in [-0.2, 0) is 14.3 Å². The van der Waals surface area contributed by atoms with Gasteiger partial charge in [0.1, 0.15) is 11.6 Å². The van der Waals surface area contributed by atoms with Crippen LogP contribution in [0.2, 0.25) is 0 Å². The zero-order chi connectivity index (χ0) is 14.5. The zero-order valence-corrected chi connectivity index (χ0v) is 12.5. The topological polar surface area (TPSA) is 58.6 Å². The van der Waals surface area contributed by atoms with Crippen LogP contribution in [0.5, 0.6) is 0 Å². The van der Waals surface area contributed by atoms with Crippen LogP contribution in [0, 0.1) is 0 Å². The standard InChI is InChI=1S/C14H26N2O3/c1-5-9-19-10-7-8-16-11(3)12(17)15-14(4,6-2)13(16)18/h11H,5-10H2,1-4H3,(H,15,17). The fourth-order valence-corrected chi connectivity index (χ4v) is 2.18. The highest BCUT2D eigenvalue weighted by Gasteiger charge is 2.44. The molecule has 2 atom stereocenters. The predicted octanol–water partition coefficient (Wildman–Crippen LogP) is 1.32. The molecular weight excluding hydrogens is 244 g/mol. The second-order valence-corrected chi connectivity index (χ2v) is 5.32. The van der Waals surface area contributed by atoms with Crippen molar-refractivity contribution in [2.45, 2.75) is 58.5 Å². The second kappa shape index (κ2) is 6.89. The van der Waals surface area contributed by atoms with Crippen LogP contribution in [0.3, 0.4) is 0 Å². The Balaban J connectivity index is 2.58. The molecule has 5 nitrogen and oxygen atoms in total. The smallest absolute Gasteiger partial charge is 0.248 e. The molecule has 1 aliphatic rings. The van der Waals surface area contributed by atoms with Gasteiger partial charge < -0.3 is 15.0 Å². The van der Waals surface area contributed by atoms with Crippen molar-refractivity contribution in [3.05, 3.63) is 0 Å². The van der Waals surface area contributed by atoms with E-state index in [1.54, 1.807) is 18.7 Å². The highest BCUT2D eigenvalue weighted by atomic mass is 16.5. The van der Waals surface area contributed by atoms with Crippen LogP contribution >= 0.6 is 0 Å². The largest absolute Gasteiger partial charge is 0.381 e. The molecule has 1 N–H and O–H groups in total. The second-order valence-electron chi connectivity index (χ2n) is 5.32. The number of rotatable bonds is 7. The minimum atomic E-state index is -0.756. The molecule has 0 bridgehead atoms. The van der Waals surface area contributed by atoms with Crippen LogP contribution in [0.25, 0.3) is 0 Å². The van der Waals surface area contributed by atoms with Gasteiger partial charge in [-0.2, -0.15) is 0 Å². The normalized spacial score (nSPS) is 27.6. The van der Waals surface area contributed by atoms with E-state index in [1.165, 1.54) is 0 Å². The lowest BCUT2D eigenvalue weighted by molar-refractivity contribution is -0.153. The van der Waals surface area contributed by atoms with Crippen LogP contribution in [0.1, 0.15) is 47.0 Å². The summed E-state index contributed by atoms with van der Waals surface area (Å²) in [5.41, 5.74) is -0.756. The van der Waals surface area contributed by atoms with Gasteiger partial charge in [0.25, 0.3) is 0 Å². The van der Waals surface area contributed by atoms with Crippen molar-refractivity contribution in [3.8, 4) is 0 Å². The molecule has 1 fully saturated rings. The number of amides is 2. The van der Waals surface area contributed by atoms with E-state index in [0.717, 1.165) is 19.4 Å². The van der Waals surface area contributed by atoms with E-state index in [2.05, 4.69) is 12.2 Å². The quantitative estimate of drug-likeness (QED) is 0.710. The summed E-state index contributed by atoms with van der Waals surface area (Å²) in [5, 5.41) is 2.82. The SMILES string of the molecule is CCCOCCCN1C(=O)C(C)(CC)NC(=O)C1C. The molecule has 1 heterocycles. The monoisotopic (exact) mass is 270 g/mol. The number of nitrogens with one attached hydrogen (secondary N) is 1. The third kappa shape index (κ3) is 3.69. The number of hydrogen-bond donors (Lipinski definition) is 1. The van der Waals surface area contributed by atoms with Crippen molar-refractivity contribution in [3.63, 3.8) is 0 Å². The molecule has 1 rings (SSSR count). The van der Waals surface area contributed by atoms with Gasteiger partial charge in [0.15, 0.2) is 0 Å². The van der Waals surface area contributed by atoms with E-state index in [9.17, 15) is 9.59 Å². The van der Waals surface area contributed by atoms with Gasteiger partial charge in [-0.1, -0.05) is 13.8 Å². The third-order valence-electron chi connectivity index (χ3n) is 3.72. The summed E-state index contributed by atoms with van der Waals surface area (Å²) in [6.07, 6.45) is 2.37. The number of ether oxygens (including phenoxy) is 1. The van der Waals surface area contributed by atoms with Crippen molar-refractivity contribution in [2.75, 3.05) is 19.8 Å². The van der Waals surface area contributed by atoms with Gasteiger partial charge in [-0.25, -0.2) is 0 Å². The van der Waals surface area contributed by atoms with Crippen molar-refractivity contribution in [2.24, 2.45) is 0 Å². The number of carbonyl (C=O) groups is 2. The van der Waals surface area contributed by atoms with E-state index in [4.69, 9.17) is 4.74 Å². The van der Waals surface area contributed by atoms with Crippen molar-refractivity contribution in [1.82, 2.24) is 10.2 Å². The lowest BCUT2D eigenvalue weighted by Crippen LogP contribution is -2.68. The fourth-order valence-electron chi connectivity index (χ4n) is 2.18.